The van der Waals surface area contributed by atoms with Gasteiger partial charge in [-0.15, -0.1) is 0 Å². The number of anilines is 2. The van der Waals surface area contributed by atoms with Crippen LogP contribution in [0.5, 0.6) is 0 Å². The van der Waals surface area contributed by atoms with Crippen molar-refractivity contribution in [3.63, 3.8) is 0 Å². The molecule has 8 nitrogen and oxygen atoms in total. The maximum Gasteiger partial charge on any atom is 0.269 e. The van der Waals surface area contributed by atoms with Gasteiger partial charge in [0.05, 0.1) is 4.92 Å². The number of nitrogens with zero attached hydrogens (tertiary/aromatic N) is 3. The van der Waals surface area contributed by atoms with E-state index in [4.69, 9.17) is 0 Å². The third kappa shape index (κ3) is 7.17. The Morgan fingerprint density at radius 3 is 2.27 bits per heavy atom. The largest absolute Gasteiger partial charge is 0.368 e. The number of nitro groups is 1. The zero-order valence-corrected chi connectivity index (χ0v) is 18.9. The highest BCUT2D eigenvalue weighted by Crippen LogP contribution is 2.20. The van der Waals surface area contributed by atoms with Crippen molar-refractivity contribution in [3.8, 4) is 0 Å². The van der Waals surface area contributed by atoms with Gasteiger partial charge in [0.2, 0.25) is 11.8 Å². The molecule has 33 heavy (non-hydrogen) atoms. The van der Waals surface area contributed by atoms with Crippen LogP contribution < -0.4 is 10.2 Å². The Balaban J connectivity index is 1.46. The molecule has 2 amide bonds. The molecule has 0 aromatic heterocycles. The summed E-state index contributed by atoms with van der Waals surface area (Å²) in [6, 6.07) is 13.6. The number of nitrogens with one attached hydrogen (secondary N) is 1. The zero-order chi connectivity index (χ0) is 23.6. The Morgan fingerprint density at radius 2 is 1.67 bits per heavy atom. The molecule has 0 bridgehead atoms. The Morgan fingerprint density at radius 1 is 1.00 bits per heavy atom. The minimum absolute atomic E-state index is 0.0108. The van der Waals surface area contributed by atoms with Crippen LogP contribution in [0.3, 0.4) is 0 Å². The second-order valence-electron chi connectivity index (χ2n) is 8.04. The summed E-state index contributed by atoms with van der Waals surface area (Å²) in [6.45, 7) is 5.19. The third-order valence-corrected chi connectivity index (χ3v) is 5.66. The first-order chi connectivity index (χ1) is 16.0. The monoisotopic (exact) mass is 450 g/mol. The predicted molar refractivity (Wildman–Crippen MR) is 130 cm³/mol. The number of carbonyl (C=O) groups is 2. The molecule has 0 unspecified atom stereocenters. The number of nitro benzene ring substituents is 1. The maximum atomic E-state index is 12.3. The summed E-state index contributed by atoms with van der Waals surface area (Å²) < 4.78 is 0. The van der Waals surface area contributed by atoms with Gasteiger partial charge < -0.3 is 15.1 Å². The molecular weight excluding hydrogens is 420 g/mol. The zero-order valence-electron chi connectivity index (χ0n) is 18.9. The Labute approximate surface area is 194 Å². The van der Waals surface area contributed by atoms with E-state index in [0.717, 1.165) is 51.1 Å². The third-order valence-electron chi connectivity index (χ3n) is 5.66. The van der Waals surface area contributed by atoms with E-state index in [-0.39, 0.29) is 17.5 Å². The van der Waals surface area contributed by atoms with Crippen molar-refractivity contribution in [2.75, 3.05) is 36.4 Å². The predicted octanol–water partition coefficient (Wildman–Crippen LogP) is 4.48. The minimum Gasteiger partial charge on any atom is -0.368 e. The first-order valence-corrected chi connectivity index (χ1v) is 11.3. The summed E-state index contributed by atoms with van der Waals surface area (Å²) in [5.74, 6) is -0.0285. The summed E-state index contributed by atoms with van der Waals surface area (Å²) in [5.41, 5.74) is 2.46. The van der Waals surface area contributed by atoms with Gasteiger partial charge in [0.25, 0.3) is 5.69 Å². The molecule has 8 heteroatoms. The molecule has 3 rings (SSSR count). The fraction of sp³-hybridized carbons (Fsp3) is 0.360. The first-order valence-electron chi connectivity index (χ1n) is 11.3. The van der Waals surface area contributed by atoms with Gasteiger partial charge in [0, 0.05) is 62.2 Å². The quantitative estimate of drug-likeness (QED) is 0.263. The number of carbonyl (C=O) groups excluding carboxylic acids is 2. The lowest BCUT2D eigenvalue weighted by Gasteiger charge is -2.36. The van der Waals surface area contributed by atoms with Crippen LogP contribution in [0.15, 0.2) is 54.6 Å². The van der Waals surface area contributed by atoms with E-state index < -0.39 is 4.92 Å². The lowest BCUT2D eigenvalue weighted by atomic mass is 10.1. The van der Waals surface area contributed by atoms with Crippen LogP contribution in [0.25, 0.3) is 6.08 Å². The average Bonchev–Trinajstić information content (AvgIpc) is 2.83. The molecule has 0 atom stereocenters. The topological polar surface area (TPSA) is 95.8 Å². The highest BCUT2D eigenvalue weighted by atomic mass is 16.6. The summed E-state index contributed by atoms with van der Waals surface area (Å²) >= 11 is 0. The molecule has 1 fully saturated rings. The highest BCUT2D eigenvalue weighted by molar-refractivity contribution is 6.02. The molecule has 0 radical (unpaired) electrons. The van der Waals surface area contributed by atoms with Gasteiger partial charge in [-0.2, -0.15) is 0 Å². The molecule has 1 aliphatic rings. The molecule has 0 saturated carbocycles. The highest BCUT2D eigenvalue weighted by Gasteiger charge is 2.20. The normalized spacial score (nSPS) is 13.8. The van der Waals surface area contributed by atoms with Gasteiger partial charge in [-0.3, -0.25) is 19.7 Å². The fourth-order valence-corrected chi connectivity index (χ4v) is 3.72. The second-order valence-corrected chi connectivity index (χ2v) is 8.04. The number of non-ortho nitro benzene ring substituents is 1. The molecule has 1 saturated heterocycles. The Kier molecular flexibility index (Phi) is 8.57. The smallest absolute Gasteiger partial charge is 0.269 e. The number of hydrogen-bond acceptors (Lipinski definition) is 5. The van der Waals surface area contributed by atoms with E-state index in [1.165, 1.54) is 18.2 Å². The van der Waals surface area contributed by atoms with Crippen LogP contribution in [-0.2, 0) is 9.59 Å². The second kappa shape index (κ2) is 11.8. The summed E-state index contributed by atoms with van der Waals surface area (Å²) in [7, 11) is 0. The summed E-state index contributed by atoms with van der Waals surface area (Å²) in [4.78, 5) is 38.9. The summed E-state index contributed by atoms with van der Waals surface area (Å²) in [6.07, 6.45) is 6.82. The number of rotatable bonds is 9. The molecule has 1 N–H and O–H groups in total. The fourth-order valence-electron chi connectivity index (χ4n) is 3.72. The Hall–Kier alpha value is -3.68. The van der Waals surface area contributed by atoms with Crippen molar-refractivity contribution in [3.05, 3.63) is 70.3 Å². The number of unbranched alkanes of at least 4 members (excludes halogenated alkanes) is 2. The van der Waals surface area contributed by atoms with Crippen molar-refractivity contribution in [2.24, 2.45) is 0 Å². The number of amides is 2. The van der Waals surface area contributed by atoms with Gasteiger partial charge in [0.1, 0.15) is 0 Å². The number of piperazine rings is 1. The van der Waals surface area contributed by atoms with Gasteiger partial charge in [0.15, 0.2) is 0 Å². The van der Waals surface area contributed by atoms with Gasteiger partial charge in [-0.25, -0.2) is 0 Å². The van der Waals surface area contributed by atoms with E-state index in [2.05, 4.69) is 17.1 Å². The van der Waals surface area contributed by atoms with Crippen molar-refractivity contribution in [1.82, 2.24) is 4.90 Å². The van der Waals surface area contributed by atoms with Crippen LogP contribution in [0.4, 0.5) is 17.1 Å². The van der Waals surface area contributed by atoms with Crippen LogP contribution >= 0.6 is 0 Å². The Bertz CT molecular complexity index is 978. The van der Waals surface area contributed by atoms with Gasteiger partial charge >= 0.3 is 0 Å². The van der Waals surface area contributed by atoms with Crippen molar-refractivity contribution in [2.45, 2.75) is 32.6 Å². The molecule has 1 aliphatic heterocycles. The molecule has 2 aromatic rings. The standard InChI is InChI=1S/C25H30N4O4/c1-2-3-4-5-25(31)28-18-16-27(17-19-28)22-13-9-21(10-14-22)26-24(30)15-8-20-6-11-23(12-7-20)29(32)33/h6-15H,2-5,16-19H2,1H3,(H,26,30)/b15-8+. The van der Waals surface area contributed by atoms with Gasteiger partial charge in [-0.1, -0.05) is 19.8 Å². The van der Waals surface area contributed by atoms with Crippen LogP contribution in [-0.4, -0.2) is 47.8 Å². The van der Waals surface area contributed by atoms with Gasteiger partial charge in [-0.05, 0) is 54.5 Å². The SMILES string of the molecule is CCCCCC(=O)N1CCN(c2ccc(NC(=O)/C=C/c3ccc([N+](=O)[O-])cc3)cc2)CC1. The van der Waals surface area contributed by atoms with E-state index in [1.807, 2.05) is 29.2 Å². The maximum absolute atomic E-state index is 12.3. The van der Waals surface area contributed by atoms with Crippen LogP contribution in [0.1, 0.15) is 38.2 Å². The first kappa shape index (κ1) is 24.0. The van der Waals surface area contributed by atoms with Crippen molar-refractivity contribution < 1.29 is 14.5 Å². The molecule has 1 heterocycles. The van der Waals surface area contributed by atoms with Crippen molar-refractivity contribution >= 4 is 35.0 Å². The summed E-state index contributed by atoms with van der Waals surface area (Å²) in [5, 5.41) is 13.5. The van der Waals surface area contributed by atoms with E-state index in [9.17, 15) is 19.7 Å². The molecule has 174 valence electrons. The molecular formula is C25H30N4O4. The molecule has 0 aliphatic carbocycles. The van der Waals surface area contributed by atoms with E-state index in [1.54, 1.807) is 18.2 Å². The van der Waals surface area contributed by atoms with Crippen LogP contribution in [0.2, 0.25) is 0 Å². The number of benzene rings is 2. The van der Waals surface area contributed by atoms with E-state index in [0.29, 0.717) is 17.7 Å². The lowest BCUT2D eigenvalue weighted by Crippen LogP contribution is -2.48. The van der Waals surface area contributed by atoms with Crippen LogP contribution in [0, 0.1) is 10.1 Å². The lowest BCUT2D eigenvalue weighted by molar-refractivity contribution is -0.384. The molecule has 2 aromatic carbocycles. The number of hydrogen-bond donors (Lipinski definition) is 1. The molecule has 0 spiro atoms. The van der Waals surface area contributed by atoms with Crippen molar-refractivity contribution in [1.29, 1.82) is 0 Å². The van der Waals surface area contributed by atoms with E-state index >= 15 is 0 Å². The average molecular weight is 451 g/mol. The minimum atomic E-state index is -0.460.